The summed E-state index contributed by atoms with van der Waals surface area (Å²) in [6, 6.07) is 3.92. The number of ether oxygens (including phenoxy) is 1. The molecular formula is C15H18ClNO2. The van der Waals surface area contributed by atoms with E-state index in [1.807, 2.05) is 12.1 Å². The normalized spacial score (nSPS) is 19.3. The predicted molar refractivity (Wildman–Crippen MR) is 75.4 cm³/mol. The van der Waals surface area contributed by atoms with Gasteiger partial charge >= 0.3 is 0 Å². The van der Waals surface area contributed by atoms with Gasteiger partial charge in [0.25, 0.3) is 0 Å². The van der Waals surface area contributed by atoms with E-state index in [4.69, 9.17) is 16.3 Å². The molecular weight excluding hydrogens is 262 g/mol. The SMILES string of the molecule is O=C1CCc2cc(Cl)c(COC3CCCC3)cc2N1. The molecule has 19 heavy (non-hydrogen) atoms. The van der Waals surface area contributed by atoms with Gasteiger partial charge in [0.05, 0.1) is 12.7 Å². The summed E-state index contributed by atoms with van der Waals surface area (Å²) < 4.78 is 5.89. The van der Waals surface area contributed by atoms with Crippen molar-refractivity contribution in [3.63, 3.8) is 0 Å². The molecule has 1 saturated carbocycles. The fraction of sp³-hybridized carbons (Fsp3) is 0.533. The van der Waals surface area contributed by atoms with Crippen LogP contribution in [0.3, 0.4) is 0 Å². The van der Waals surface area contributed by atoms with Crippen LogP contribution in [-0.4, -0.2) is 12.0 Å². The maximum absolute atomic E-state index is 11.4. The molecule has 1 aliphatic carbocycles. The van der Waals surface area contributed by atoms with Gasteiger partial charge in [-0.2, -0.15) is 0 Å². The zero-order chi connectivity index (χ0) is 13.2. The lowest BCUT2D eigenvalue weighted by atomic mass is 10.0. The second-order valence-corrected chi connectivity index (χ2v) is 5.77. The van der Waals surface area contributed by atoms with Gasteiger partial charge < -0.3 is 10.1 Å². The number of nitrogens with one attached hydrogen (secondary N) is 1. The van der Waals surface area contributed by atoms with E-state index in [1.165, 1.54) is 12.8 Å². The largest absolute Gasteiger partial charge is 0.373 e. The Balaban J connectivity index is 1.73. The van der Waals surface area contributed by atoms with Crippen LogP contribution in [0.4, 0.5) is 5.69 Å². The van der Waals surface area contributed by atoms with Crippen molar-refractivity contribution in [3.05, 3.63) is 28.3 Å². The molecule has 0 spiro atoms. The minimum absolute atomic E-state index is 0.0810. The number of halogens is 1. The molecule has 0 bridgehead atoms. The second kappa shape index (κ2) is 5.51. The van der Waals surface area contributed by atoms with E-state index in [1.54, 1.807) is 0 Å². The van der Waals surface area contributed by atoms with Crippen LogP contribution in [-0.2, 0) is 22.6 Å². The molecule has 0 radical (unpaired) electrons. The third kappa shape index (κ3) is 2.93. The van der Waals surface area contributed by atoms with E-state index in [9.17, 15) is 4.79 Å². The van der Waals surface area contributed by atoms with Crippen LogP contribution in [0.5, 0.6) is 0 Å². The van der Waals surface area contributed by atoms with Crippen molar-refractivity contribution in [3.8, 4) is 0 Å². The van der Waals surface area contributed by atoms with Gasteiger partial charge in [0.2, 0.25) is 5.91 Å². The Hall–Kier alpha value is -1.06. The first-order valence-corrected chi connectivity index (χ1v) is 7.33. The molecule has 1 aromatic carbocycles. The Bertz CT molecular complexity index is 495. The molecule has 0 unspecified atom stereocenters. The smallest absolute Gasteiger partial charge is 0.224 e. The molecule has 4 heteroatoms. The molecule has 1 N–H and O–H groups in total. The van der Waals surface area contributed by atoms with E-state index in [-0.39, 0.29) is 5.91 Å². The van der Waals surface area contributed by atoms with Crippen LogP contribution in [0, 0.1) is 0 Å². The Morgan fingerprint density at radius 3 is 2.84 bits per heavy atom. The van der Waals surface area contributed by atoms with E-state index in [0.717, 1.165) is 41.1 Å². The Kier molecular flexibility index (Phi) is 3.76. The highest BCUT2D eigenvalue weighted by atomic mass is 35.5. The lowest BCUT2D eigenvalue weighted by Gasteiger charge is -2.19. The lowest BCUT2D eigenvalue weighted by molar-refractivity contribution is -0.116. The van der Waals surface area contributed by atoms with Gasteiger partial charge in [-0.15, -0.1) is 0 Å². The molecule has 1 heterocycles. The summed E-state index contributed by atoms with van der Waals surface area (Å²) in [5.74, 6) is 0.0810. The summed E-state index contributed by atoms with van der Waals surface area (Å²) in [5.41, 5.74) is 2.98. The van der Waals surface area contributed by atoms with Gasteiger partial charge in [-0.25, -0.2) is 0 Å². The first-order chi connectivity index (χ1) is 9.22. The number of hydrogen-bond donors (Lipinski definition) is 1. The molecule has 1 amide bonds. The maximum Gasteiger partial charge on any atom is 0.224 e. The number of carbonyl (C=O) groups is 1. The monoisotopic (exact) mass is 279 g/mol. The van der Waals surface area contributed by atoms with Crippen molar-refractivity contribution in [1.82, 2.24) is 0 Å². The van der Waals surface area contributed by atoms with E-state index < -0.39 is 0 Å². The summed E-state index contributed by atoms with van der Waals surface area (Å²) in [7, 11) is 0. The molecule has 0 atom stereocenters. The third-order valence-corrected chi connectivity index (χ3v) is 4.30. The molecule has 2 aliphatic rings. The maximum atomic E-state index is 11.4. The van der Waals surface area contributed by atoms with Crippen molar-refractivity contribution in [1.29, 1.82) is 0 Å². The Morgan fingerprint density at radius 2 is 2.05 bits per heavy atom. The van der Waals surface area contributed by atoms with Crippen molar-refractivity contribution in [2.45, 2.75) is 51.2 Å². The van der Waals surface area contributed by atoms with Crippen LogP contribution < -0.4 is 5.32 Å². The molecule has 1 fully saturated rings. The molecule has 1 aromatic rings. The van der Waals surface area contributed by atoms with Gasteiger partial charge in [0.15, 0.2) is 0 Å². The van der Waals surface area contributed by atoms with Crippen molar-refractivity contribution < 1.29 is 9.53 Å². The van der Waals surface area contributed by atoms with E-state index in [2.05, 4.69) is 5.32 Å². The highest BCUT2D eigenvalue weighted by Gasteiger charge is 2.19. The van der Waals surface area contributed by atoms with Gasteiger partial charge in [0.1, 0.15) is 0 Å². The molecule has 0 aromatic heterocycles. The second-order valence-electron chi connectivity index (χ2n) is 5.37. The number of aryl methyl sites for hydroxylation is 1. The fourth-order valence-electron chi connectivity index (χ4n) is 2.82. The minimum atomic E-state index is 0.0810. The quantitative estimate of drug-likeness (QED) is 0.916. The predicted octanol–water partition coefficient (Wildman–Crippen LogP) is 3.68. The zero-order valence-corrected chi connectivity index (χ0v) is 11.6. The topological polar surface area (TPSA) is 38.3 Å². The highest BCUT2D eigenvalue weighted by Crippen LogP contribution is 2.30. The molecule has 0 saturated heterocycles. The van der Waals surface area contributed by atoms with Crippen LogP contribution in [0.15, 0.2) is 12.1 Å². The van der Waals surface area contributed by atoms with Gasteiger partial charge in [0, 0.05) is 17.1 Å². The number of carbonyl (C=O) groups excluding carboxylic acids is 1. The first-order valence-electron chi connectivity index (χ1n) is 6.95. The number of fused-ring (bicyclic) bond motifs is 1. The summed E-state index contributed by atoms with van der Waals surface area (Å²) in [4.78, 5) is 11.4. The minimum Gasteiger partial charge on any atom is -0.373 e. The zero-order valence-electron chi connectivity index (χ0n) is 10.9. The van der Waals surface area contributed by atoms with Crippen molar-refractivity contribution in [2.75, 3.05) is 5.32 Å². The van der Waals surface area contributed by atoms with Crippen LogP contribution in [0.2, 0.25) is 5.02 Å². The van der Waals surface area contributed by atoms with Crippen molar-refractivity contribution >= 4 is 23.2 Å². The average molecular weight is 280 g/mol. The number of rotatable bonds is 3. The molecule has 102 valence electrons. The first kappa shape index (κ1) is 12.9. The molecule has 3 rings (SSSR count). The number of hydrogen-bond acceptors (Lipinski definition) is 2. The standard InChI is InChI=1S/C15H18ClNO2/c16-13-7-10-5-6-15(18)17-14(10)8-11(13)9-19-12-3-1-2-4-12/h7-8,12H,1-6,9H2,(H,17,18). The number of anilines is 1. The number of amides is 1. The Morgan fingerprint density at radius 1 is 1.26 bits per heavy atom. The highest BCUT2D eigenvalue weighted by molar-refractivity contribution is 6.31. The summed E-state index contributed by atoms with van der Waals surface area (Å²) in [5, 5.41) is 3.65. The average Bonchev–Trinajstić information content (AvgIpc) is 2.90. The molecule has 1 aliphatic heterocycles. The van der Waals surface area contributed by atoms with Crippen LogP contribution in [0.25, 0.3) is 0 Å². The summed E-state index contributed by atoms with van der Waals surface area (Å²) in [6.45, 7) is 0.534. The summed E-state index contributed by atoms with van der Waals surface area (Å²) in [6.07, 6.45) is 6.52. The summed E-state index contributed by atoms with van der Waals surface area (Å²) >= 11 is 6.29. The van der Waals surface area contributed by atoms with Crippen LogP contribution in [0.1, 0.15) is 43.2 Å². The lowest BCUT2D eigenvalue weighted by Crippen LogP contribution is -2.19. The van der Waals surface area contributed by atoms with Gasteiger partial charge in [-0.05, 0) is 42.5 Å². The Labute approximate surface area is 118 Å². The van der Waals surface area contributed by atoms with E-state index in [0.29, 0.717) is 19.1 Å². The van der Waals surface area contributed by atoms with Crippen LogP contribution >= 0.6 is 11.6 Å². The third-order valence-electron chi connectivity index (χ3n) is 3.94. The number of benzene rings is 1. The van der Waals surface area contributed by atoms with Gasteiger partial charge in [-0.1, -0.05) is 24.4 Å². The van der Waals surface area contributed by atoms with E-state index >= 15 is 0 Å². The van der Waals surface area contributed by atoms with Gasteiger partial charge in [-0.3, -0.25) is 4.79 Å². The fourth-order valence-corrected chi connectivity index (χ4v) is 3.06. The van der Waals surface area contributed by atoms with Crippen molar-refractivity contribution in [2.24, 2.45) is 0 Å². The molecule has 3 nitrogen and oxygen atoms in total.